The molecule has 1 saturated heterocycles. The number of nitrogens with one attached hydrogen (secondary N) is 2. The monoisotopic (exact) mass is 388 g/mol. The minimum Gasteiger partial charge on any atom is -0.384 e. The SMILES string of the molecule is COCCC(=O)Nc1ccc2n(c1=O)C[C@H]1C[C@@H]2C[NH+](CC2CCCCC2)C1. The van der Waals surface area contributed by atoms with Crippen LogP contribution in [-0.4, -0.2) is 43.8 Å². The molecule has 3 heterocycles. The van der Waals surface area contributed by atoms with Crippen molar-refractivity contribution in [3.8, 4) is 0 Å². The summed E-state index contributed by atoms with van der Waals surface area (Å²) >= 11 is 0. The number of anilines is 1. The van der Waals surface area contributed by atoms with Gasteiger partial charge in [-0.1, -0.05) is 19.3 Å². The maximum Gasteiger partial charge on any atom is 0.274 e. The number of quaternary nitrogens is 1. The summed E-state index contributed by atoms with van der Waals surface area (Å²) in [5.41, 5.74) is 1.52. The van der Waals surface area contributed by atoms with Gasteiger partial charge in [0.1, 0.15) is 5.69 Å². The number of carbonyl (C=O) groups excluding carboxylic acids is 1. The smallest absolute Gasteiger partial charge is 0.274 e. The van der Waals surface area contributed by atoms with Crippen molar-refractivity contribution in [2.45, 2.75) is 57.4 Å². The first-order valence-electron chi connectivity index (χ1n) is 11.0. The molecule has 3 atom stereocenters. The topological polar surface area (TPSA) is 64.8 Å². The van der Waals surface area contributed by atoms with Crippen molar-refractivity contribution in [1.29, 1.82) is 0 Å². The molecule has 6 nitrogen and oxygen atoms in total. The zero-order valence-electron chi connectivity index (χ0n) is 17.0. The van der Waals surface area contributed by atoms with E-state index in [0.717, 1.165) is 24.7 Å². The first-order chi connectivity index (χ1) is 13.6. The molecule has 154 valence electrons. The Hall–Kier alpha value is -1.66. The molecule has 4 rings (SSSR count). The first-order valence-corrected chi connectivity index (χ1v) is 11.0. The van der Waals surface area contributed by atoms with Crippen molar-refractivity contribution in [2.24, 2.45) is 11.8 Å². The maximum absolute atomic E-state index is 13.0. The molecular weight excluding hydrogens is 354 g/mol. The summed E-state index contributed by atoms with van der Waals surface area (Å²) in [6, 6.07) is 3.87. The van der Waals surface area contributed by atoms with E-state index in [9.17, 15) is 9.59 Å². The predicted molar refractivity (Wildman–Crippen MR) is 109 cm³/mol. The van der Waals surface area contributed by atoms with E-state index in [1.165, 1.54) is 51.6 Å². The van der Waals surface area contributed by atoms with Gasteiger partial charge in [-0.15, -0.1) is 0 Å². The highest BCUT2D eigenvalue weighted by atomic mass is 16.5. The molecule has 2 aliphatic heterocycles. The van der Waals surface area contributed by atoms with Crippen LogP contribution in [0.2, 0.25) is 0 Å². The summed E-state index contributed by atoms with van der Waals surface area (Å²) in [5.74, 6) is 1.77. The van der Waals surface area contributed by atoms with Crippen LogP contribution in [0.4, 0.5) is 5.69 Å². The van der Waals surface area contributed by atoms with E-state index in [1.54, 1.807) is 18.1 Å². The number of piperidine rings is 1. The lowest BCUT2D eigenvalue weighted by atomic mass is 9.81. The number of rotatable bonds is 6. The van der Waals surface area contributed by atoms with Crippen molar-refractivity contribution in [1.82, 2.24) is 4.57 Å². The fraction of sp³-hybridized carbons (Fsp3) is 0.727. The average molecular weight is 389 g/mol. The number of hydrogen-bond donors (Lipinski definition) is 2. The van der Waals surface area contributed by atoms with E-state index in [-0.39, 0.29) is 17.9 Å². The van der Waals surface area contributed by atoms with Crippen molar-refractivity contribution < 1.29 is 14.4 Å². The van der Waals surface area contributed by atoms with Gasteiger partial charge in [0, 0.05) is 37.1 Å². The molecule has 3 aliphatic rings. The fourth-order valence-corrected chi connectivity index (χ4v) is 5.64. The van der Waals surface area contributed by atoms with Gasteiger partial charge < -0.3 is 19.5 Å². The van der Waals surface area contributed by atoms with Gasteiger partial charge in [0.15, 0.2) is 0 Å². The minimum absolute atomic E-state index is 0.0475. The molecule has 1 amide bonds. The van der Waals surface area contributed by atoms with Crippen LogP contribution < -0.4 is 15.8 Å². The second kappa shape index (κ2) is 8.78. The normalized spacial score (nSPS) is 27.2. The molecule has 0 aromatic carbocycles. The van der Waals surface area contributed by atoms with Crippen LogP contribution in [0, 0.1) is 11.8 Å². The third kappa shape index (κ3) is 4.33. The highest BCUT2D eigenvalue weighted by Gasteiger charge is 2.38. The summed E-state index contributed by atoms with van der Waals surface area (Å²) in [7, 11) is 1.57. The molecule has 6 heteroatoms. The first kappa shape index (κ1) is 19.6. The van der Waals surface area contributed by atoms with E-state index in [1.807, 2.05) is 4.57 Å². The quantitative estimate of drug-likeness (QED) is 0.774. The molecule has 1 aromatic heterocycles. The molecule has 2 bridgehead atoms. The number of amides is 1. The number of aromatic nitrogens is 1. The third-order valence-electron chi connectivity index (χ3n) is 6.91. The van der Waals surface area contributed by atoms with Crippen LogP contribution in [0.5, 0.6) is 0 Å². The van der Waals surface area contributed by atoms with Crippen LogP contribution in [0.25, 0.3) is 0 Å². The van der Waals surface area contributed by atoms with Gasteiger partial charge in [0.05, 0.1) is 32.7 Å². The van der Waals surface area contributed by atoms with Gasteiger partial charge in [-0.05, 0) is 31.4 Å². The van der Waals surface area contributed by atoms with Crippen molar-refractivity contribution in [2.75, 3.05) is 38.7 Å². The number of carbonyl (C=O) groups is 1. The zero-order chi connectivity index (χ0) is 19.5. The lowest BCUT2D eigenvalue weighted by molar-refractivity contribution is -0.914. The van der Waals surface area contributed by atoms with Crippen LogP contribution in [-0.2, 0) is 16.1 Å². The second-order valence-electron chi connectivity index (χ2n) is 9.04. The Morgan fingerprint density at radius 2 is 2.07 bits per heavy atom. The molecule has 2 fully saturated rings. The van der Waals surface area contributed by atoms with Gasteiger partial charge >= 0.3 is 0 Å². The molecule has 2 N–H and O–H groups in total. The molecule has 0 spiro atoms. The summed E-state index contributed by atoms with van der Waals surface area (Å²) in [5, 5.41) is 2.77. The Balaban J connectivity index is 1.45. The molecule has 1 aromatic rings. The van der Waals surface area contributed by atoms with E-state index < -0.39 is 0 Å². The molecule has 28 heavy (non-hydrogen) atoms. The van der Waals surface area contributed by atoms with E-state index >= 15 is 0 Å². The van der Waals surface area contributed by atoms with Crippen molar-refractivity contribution in [3.05, 3.63) is 28.2 Å². The number of fused-ring (bicyclic) bond motifs is 4. The lowest BCUT2D eigenvalue weighted by Crippen LogP contribution is -3.15. The maximum atomic E-state index is 13.0. The van der Waals surface area contributed by atoms with Gasteiger partial charge in [-0.3, -0.25) is 9.59 Å². The van der Waals surface area contributed by atoms with Crippen molar-refractivity contribution >= 4 is 11.6 Å². The Bertz CT molecular complexity index is 754. The lowest BCUT2D eigenvalue weighted by Gasteiger charge is -2.41. The van der Waals surface area contributed by atoms with Crippen LogP contribution >= 0.6 is 0 Å². The largest absolute Gasteiger partial charge is 0.384 e. The van der Waals surface area contributed by atoms with Gasteiger partial charge in [-0.2, -0.15) is 0 Å². The highest BCUT2D eigenvalue weighted by Crippen LogP contribution is 2.31. The second-order valence-corrected chi connectivity index (χ2v) is 9.04. The average Bonchev–Trinajstić information content (AvgIpc) is 2.69. The zero-order valence-corrected chi connectivity index (χ0v) is 17.0. The number of methoxy groups -OCH3 is 1. The Morgan fingerprint density at radius 1 is 1.25 bits per heavy atom. The van der Waals surface area contributed by atoms with E-state index in [4.69, 9.17) is 4.74 Å². The standard InChI is InChI=1S/C22H33N3O3/c1-28-10-9-21(26)23-19-7-8-20-18-11-17(14-25(20)22(19)27)13-24(15-18)12-16-5-3-2-4-6-16/h7-8,16-18H,2-6,9-15H2,1H3,(H,23,26)/p+1/t17-,18+/m0/s1. The summed E-state index contributed by atoms with van der Waals surface area (Å²) in [4.78, 5) is 26.7. The minimum atomic E-state index is -0.168. The van der Waals surface area contributed by atoms with Crippen LogP contribution in [0.1, 0.15) is 56.6 Å². The number of ether oxygens (including phenoxy) is 1. The Kier molecular flexibility index (Phi) is 6.16. The number of hydrogen-bond acceptors (Lipinski definition) is 3. The van der Waals surface area contributed by atoms with Crippen molar-refractivity contribution in [3.63, 3.8) is 0 Å². The molecular formula is C22H34N3O3+. The third-order valence-corrected chi connectivity index (χ3v) is 6.91. The molecule has 1 unspecified atom stereocenters. The fourth-order valence-electron chi connectivity index (χ4n) is 5.64. The van der Waals surface area contributed by atoms with Gasteiger partial charge in [-0.25, -0.2) is 0 Å². The van der Waals surface area contributed by atoms with Crippen LogP contribution in [0.15, 0.2) is 16.9 Å². The highest BCUT2D eigenvalue weighted by molar-refractivity contribution is 5.90. The van der Waals surface area contributed by atoms with Gasteiger partial charge in [0.25, 0.3) is 5.56 Å². The van der Waals surface area contributed by atoms with E-state index in [0.29, 0.717) is 24.1 Å². The summed E-state index contributed by atoms with van der Waals surface area (Å²) < 4.78 is 6.87. The summed E-state index contributed by atoms with van der Waals surface area (Å²) in [6.45, 7) is 4.79. The Morgan fingerprint density at radius 3 is 2.86 bits per heavy atom. The number of pyridine rings is 1. The molecule has 1 saturated carbocycles. The Labute approximate surface area is 167 Å². The van der Waals surface area contributed by atoms with Crippen LogP contribution in [0.3, 0.4) is 0 Å². The van der Waals surface area contributed by atoms with Gasteiger partial charge in [0.2, 0.25) is 5.91 Å². The van der Waals surface area contributed by atoms with E-state index in [2.05, 4.69) is 11.4 Å². The number of nitrogens with zero attached hydrogens (tertiary/aromatic N) is 1. The molecule has 1 aliphatic carbocycles. The summed E-state index contributed by atoms with van der Waals surface area (Å²) in [6.07, 6.45) is 8.50. The number of likely N-dealkylation sites (tertiary alicyclic amines) is 1. The molecule has 0 radical (unpaired) electrons. The predicted octanol–water partition coefficient (Wildman–Crippen LogP) is 1.41.